The molecule has 0 radical (unpaired) electrons. The average Bonchev–Trinajstić information content (AvgIpc) is 2.83. The molecule has 2 unspecified atom stereocenters. The Hall–Kier alpha value is -1.79. The van der Waals surface area contributed by atoms with Gasteiger partial charge in [0.15, 0.2) is 0 Å². The lowest BCUT2D eigenvalue weighted by Gasteiger charge is -2.30. The molecule has 1 aromatic heterocycles. The summed E-state index contributed by atoms with van der Waals surface area (Å²) >= 11 is 0. The molecular weight excluding hydrogens is 374 g/mol. The van der Waals surface area contributed by atoms with Crippen molar-refractivity contribution in [3.05, 3.63) is 66.0 Å². The monoisotopic (exact) mass is 415 g/mol. The molecule has 4 rings (SSSR count). The second-order valence-corrected chi connectivity index (χ2v) is 6.91. The minimum absolute atomic E-state index is 0.153. The van der Waals surface area contributed by atoms with Crippen LogP contribution in [0.4, 0.5) is 0 Å². The van der Waals surface area contributed by atoms with Gasteiger partial charge in [0.1, 0.15) is 6.10 Å². The molecule has 0 amide bonds. The molecule has 0 spiro atoms. The number of likely N-dealkylation sites (N-methyl/N-ethyl adjacent to an activating group) is 2. The summed E-state index contributed by atoms with van der Waals surface area (Å²) in [5.41, 5.74) is 2.32. The van der Waals surface area contributed by atoms with Crippen LogP contribution in [-0.4, -0.2) is 68.3 Å². The van der Waals surface area contributed by atoms with E-state index >= 15 is 0 Å². The zero-order valence-electron chi connectivity index (χ0n) is 19.8. The smallest absolute Gasteiger partial charge is 0.112 e. The van der Waals surface area contributed by atoms with E-state index in [9.17, 15) is 0 Å². The van der Waals surface area contributed by atoms with Crippen molar-refractivity contribution in [2.24, 2.45) is 0 Å². The zero-order valence-corrected chi connectivity index (χ0v) is 19.8. The van der Waals surface area contributed by atoms with Gasteiger partial charge in [0.25, 0.3) is 0 Å². The molecule has 5 heteroatoms. The molecule has 5 nitrogen and oxygen atoms in total. The largest absolute Gasteiger partial charge is 0.371 e. The second-order valence-electron chi connectivity index (χ2n) is 6.91. The van der Waals surface area contributed by atoms with Crippen molar-refractivity contribution < 1.29 is 9.47 Å². The van der Waals surface area contributed by atoms with E-state index in [1.54, 1.807) is 0 Å². The van der Waals surface area contributed by atoms with Crippen LogP contribution in [0.1, 0.15) is 51.2 Å². The van der Waals surface area contributed by atoms with Gasteiger partial charge in [-0.25, -0.2) is 0 Å². The van der Waals surface area contributed by atoms with Gasteiger partial charge in [-0.15, -0.1) is 0 Å². The van der Waals surface area contributed by atoms with E-state index in [1.165, 1.54) is 5.56 Å². The van der Waals surface area contributed by atoms with E-state index in [1.807, 2.05) is 58.2 Å². The normalized spacial score (nSPS) is 21.7. The average molecular weight is 416 g/mol. The molecule has 2 fully saturated rings. The molecule has 2 aromatic rings. The molecule has 0 N–H and O–H groups in total. The standard InChI is InChI=1S/C11H15NO.C10H14N2O.2C2H6/c1-12-7-8-13-11(9-12)10-5-3-2-4-6-10;1-12-6-7-13-10(8-12)9-4-2-3-5-11-9;2*1-2/h2-6,11H,7-9H2,1H3;2-5,10H,6-8H2,1H3;2*1-2H3. The van der Waals surface area contributed by atoms with Gasteiger partial charge in [0, 0.05) is 32.4 Å². The fourth-order valence-corrected chi connectivity index (χ4v) is 3.17. The first-order valence-electron chi connectivity index (χ1n) is 11.3. The van der Waals surface area contributed by atoms with Gasteiger partial charge in [-0.1, -0.05) is 64.1 Å². The number of aromatic nitrogens is 1. The van der Waals surface area contributed by atoms with Gasteiger partial charge in [-0.3, -0.25) is 4.98 Å². The lowest BCUT2D eigenvalue weighted by Crippen LogP contribution is -2.35. The first kappa shape index (κ1) is 26.2. The van der Waals surface area contributed by atoms with Gasteiger partial charge in [0.05, 0.1) is 25.0 Å². The van der Waals surface area contributed by atoms with E-state index in [2.05, 4.69) is 53.1 Å². The van der Waals surface area contributed by atoms with Crippen LogP contribution in [0.15, 0.2) is 54.7 Å². The quantitative estimate of drug-likeness (QED) is 0.702. The highest BCUT2D eigenvalue weighted by molar-refractivity contribution is 5.18. The van der Waals surface area contributed by atoms with Crippen molar-refractivity contribution in [3.63, 3.8) is 0 Å². The summed E-state index contributed by atoms with van der Waals surface area (Å²) < 4.78 is 11.3. The molecule has 30 heavy (non-hydrogen) atoms. The Balaban J connectivity index is 0.000000258. The third-order valence-electron chi connectivity index (χ3n) is 4.73. The Morgan fingerprint density at radius 2 is 1.27 bits per heavy atom. The van der Waals surface area contributed by atoms with Crippen LogP contribution >= 0.6 is 0 Å². The van der Waals surface area contributed by atoms with E-state index < -0.39 is 0 Å². The topological polar surface area (TPSA) is 37.8 Å². The third-order valence-corrected chi connectivity index (χ3v) is 4.73. The van der Waals surface area contributed by atoms with Crippen molar-refractivity contribution in [2.75, 3.05) is 53.5 Å². The molecule has 2 atom stereocenters. The van der Waals surface area contributed by atoms with Gasteiger partial charge in [0.2, 0.25) is 0 Å². The SMILES string of the molecule is CC.CC.CN1CCOC(c2ccccc2)C1.CN1CCOC(c2ccccn2)C1. The number of rotatable bonds is 2. The lowest BCUT2D eigenvalue weighted by atomic mass is 10.1. The summed E-state index contributed by atoms with van der Waals surface area (Å²) in [6, 6.07) is 16.4. The van der Waals surface area contributed by atoms with Crippen LogP contribution in [0.5, 0.6) is 0 Å². The van der Waals surface area contributed by atoms with Gasteiger partial charge >= 0.3 is 0 Å². The fourth-order valence-electron chi connectivity index (χ4n) is 3.17. The maximum absolute atomic E-state index is 5.69. The first-order chi connectivity index (χ1) is 14.7. The predicted octanol–water partition coefficient (Wildman–Crippen LogP) is 4.83. The number of morpholine rings is 2. The Labute approximate surface area is 184 Å². The van der Waals surface area contributed by atoms with E-state index in [4.69, 9.17) is 9.47 Å². The van der Waals surface area contributed by atoms with Gasteiger partial charge in [-0.2, -0.15) is 0 Å². The summed E-state index contributed by atoms with van der Waals surface area (Å²) in [4.78, 5) is 8.86. The summed E-state index contributed by atoms with van der Waals surface area (Å²) in [5, 5.41) is 0. The van der Waals surface area contributed by atoms with Crippen LogP contribution in [0.25, 0.3) is 0 Å². The molecule has 0 aliphatic carbocycles. The van der Waals surface area contributed by atoms with Crippen LogP contribution in [0.3, 0.4) is 0 Å². The Morgan fingerprint density at radius 1 is 0.733 bits per heavy atom. The molecule has 1 aromatic carbocycles. The van der Waals surface area contributed by atoms with E-state index in [0.29, 0.717) is 0 Å². The highest BCUT2D eigenvalue weighted by atomic mass is 16.5. The maximum Gasteiger partial charge on any atom is 0.112 e. The second kappa shape index (κ2) is 16.0. The minimum atomic E-state index is 0.153. The summed E-state index contributed by atoms with van der Waals surface area (Å²) in [5.74, 6) is 0. The Kier molecular flexibility index (Phi) is 14.0. The Morgan fingerprint density at radius 3 is 1.80 bits per heavy atom. The van der Waals surface area contributed by atoms with Crippen molar-refractivity contribution in [2.45, 2.75) is 39.9 Å². The van der Waals surface area contributed by atoms with E-state index in [-0.39, 0.29) is 12.2 Å². The summed E-state index contributed by atoms with van der Waals surface area (Å²) in [6.45, 7) is 13.7. The summed E-state index contributed by atoms with van der Waals surface area (Å²) in [7, 11) is 4.25. The minimum Gasteiger partial charge on any atom is -0.371 e. The molecular formula is C25H41N3O2. The lowest BCUT2D eigenvalue weighted by molar-refractivity contribution is -0.0231. The number of hydrogen-bond donors (Lipinski definition) is 0. The highest BCUT2D eigenvalue weighted by Gasteiger charge is 2.20. The Bertz CT molecular complexity index is 582. The van der Waals surface area contributed by atoms with Crippen molar-refractivity contribution in [3.8, 4) is 0 Å². The van der Waals surface area contributed by atoms with Crippen LogP contribution in [0.2, 0.25) is 0 Å². The van der Waals surface area contributed by atoms with Crippen molar-refractivity contribution in [1.82, 2.24) is 14.8 Å². The molecule has 3 heterocycles. The molecule has 0 saturated carbocycles. The van der Waals surface area contributed by atoms with Crippen molar-refractivity contribution >= 4 is 0 Å². The molecule has 2 aliphatic rings. The van der Waals surface area contributed by atoms with Crippen LogP contribution in [0, 0.1) is 0 Å². The molecule has 2 aliphatic heterocycles. The number of ether oxygens (including phenoxy) is 2. The van der Waals surface area contributed by atoms with E-state index in [0.717, 1.165) is 45.1 Å². The number of hydrogen-bond acceptors (Lipinski definition) is 5. The number of pyridine rings is 1. The third kappa shape index (κ3) is 9.35. The molecule has 168 valence electrons. The number of benzene rings is 1. The highest BCUT2D eigenvalue weighted by Crippen LogP contribution is 2.20. The van der Waals surface area contributed by atoms with Gasteiger partial charge in [-0.05, 0) is 31.8 Å². The summed E-state index contributed by atoms with van der Waals surface area (Å²) in [6.07, 6.45) is 2.23. The maximum atomic E-state index is 5.69. The molecule has 0 bridgehead atoms. The fraction of sp³-hybridized carbons (Fsp3) is 0.560. The van der Waals surface area contributed by atoms with Gasteiger partial charge < -0.3 is 19.3 Å². The molecule has 2 saturated heterocycles. The van der Waals surface area contributed by atoms with Crippen molar-refractivity contribution in [1.29, 1.82) is 0 Å². The first-order valence-corrected chi connectivity index (χ1v) is 11.3. The number of nitrogens with zero attached hydrogens (tertiary/aromatic N) is 3. The van der Waals surface area contributed by atoms with Crippen LogP contribution in [-0.2, 0) is 9.47 Å². The predicted molar refractivity (Wildman–Crippen MR) is 126 cm³/mol. The zero-order chi connectivity index (χ0) is 22.2. The van der Waals surface area contributed by atoms with Crippen LogP contribution < -0.4 is 0 Å².